The highest BCUT2D eigenvalue weighted by molar-refractivity contribution is 9.25. The SMILES string of the molecule is BrC1(Br)CC(CCc2ccccc2)CC2C=Cc3c(cc(-c4ccccc4)c4ccccc34)C21. The van der Waals surface area contributed by atoms with Crippen LogP contribution in [0.4, 0.5) is 0 Å². The van der Waals surface area contributed by atoms with E-state index in [0.29, 0.717) is 17.8 Å². The molecule has 2 aliphatic rings. The molecule has 4 aromatic rings. The summed E-state index contributed by atoms with van der Waals surface area (Å²) in [6.07, 6.45) is 9.68. The Morgan fingerprint density at radius 1 is 0.794 bits per heavy atom. The molecule has 3 unspecified atom stereocenters. The monoisotopic (exact) mass is 570 g/mol. The Morgan fingerprint density at radius 3 is 2.24 bits per heavy atom. The first-order valence-corrected chi connectivity index (χ1v) is 13.9. The van der Waals surface area contributed by atoms with Crippen molar-refractivity contribution in [2.45, 2.75) is 34.8 Å². The molecule has 0 aromatic heterocycles. The standard InChI is InChI=1S/C32H28Br2/c33-32(34)21-23(16-15-22-9-3-1-4-10-22)19-25-17-18-28-26-13-7-8-14-27(26)29(20-30(28)31(25)32)24-11-5-2-6-12-24/h1-14,17-18,20,23,25,31H,15-16,19,21H2. The fourth-order valence-electron chi connectivity index (χ4n) is 6.25. The van der Waals surface area contributed by atoms with Crippen molar-refractivity contribution in [3.05, 3.63) is 114 Å². The van der Waals surface area contributed by atoms with Gasteiger partial charge in [-0.05, 0) is 82.2 Å². The summed E-state index contributed by atoms with van der Waals surface area (Å²) in [4.78, 5) is 0. The van der Waals surface area contributed by atoms with Gasteiger partial charge < -0.3 is 0 Å². The number of fused-ring (bicyclic) bond motifs is 5. The van der Waals surface area contributed by atoms with Crippen LogP contribution in [-0.2, 0) is 6.42 Å². The van der Waals surface area contributed by atoms with Crippen molar-refractivity contribution in [1.29, 1.82) is 0 Å². The molecule has 2 heteroatoms. The maximum absolute atomic E-state index is 4.20. The number of rotatable bonds is 4. The van der Waals surface area contributed by atoms with Crippen molar-refractivity contribution in [2.75, 3.05) is 0 Å². The minimum Gasteiger partial charge on any atom is -0.0801 e. The van der Waals surface area contributed by atoms with Gasteiger partial charge in [0.25, 0.3) is 0 Å². The van der Waals surface area contributed by atoms with Gasteiger partial charge in [0.1, 0.15) is 0 Å². The van der Waals surface area contributed by atoms with Crippen LogP contribution in [0.25, 0.3) is 28.0 Å². The third kappa shape index (κ3) is 4.10. The second-order valence-corrected chi connectivity index (χ2v) is 13.8. The maximum atomic E-state index is 4.20. The molecule has 0 spiro atoms. The van der Waals surface area contributed by atoms with Crippen LogP contribution in [0, 0.1) is 11.8 Å². The van der Waals surface area contributed by atoms with Crippen LogP contribution in [0.3, 0.4) is 0 Å². The first kappa shape index (κ1) is 22.3. The Hall–Kier alpha value is -2.16. The summed E-state index contributed by atoms with van der Waals surface area (Å²) in [7, 11) is 0. The number of aryl methyl sites for hydroxylation is 1. The Bertz CT molecular complexity index is 1340. The van der Waals surface area contributed by atoms with E-state index < -0.39 is 0 Å². The van der Waals surface area contributed by atoms with Crippen LogP contribution < -0.4 is 0 Å². The number of benzene rings is 4. The first-order valence-electron chi connectivity index (χ1n) is 12.3. The number of hydrogen-bond acceptors (Lipinski definition) is 0. The number of halogens is 2. The van der Waals surface area contributed by atoms with E-state index >= 15 is 0 Å². The van der Waals surface area contributed by atoms with Crippen molar-refractivity contribution in [2.24, 2.45) is 11.8 Å². The Morgan fingerprint density at radius 2 is 1.47 bits per heavy atom. The molecule has 0 radical (unpaired) electrons. The third-order valence-electron chi connectivity index (χ3n) is 7.78. The molecular formula is C32H28Br2. The molecule has 3 atom stereocenters. The van der Waals surface area contributed by atoms with Crippen molar-refractivity contribution >= 4 is 48.7 Å². The van der Waals surface area contributed by atoms with E-state index in [-0.39, 0.29) is 3.23 Å². The smallest absolute Gasteiger partial charge is 0.0801 e. The summed E-state index contributed by atoms with van der Waals surface area (Å²) in [5.41, 5.74) is 6.94. The minimum absolute atomic E-state index is 0.0970. The zero-order valence-electron chi connectivity index (χ0n) is 19.1. The second-order valence-electron chi connectivity index (χ2n) is 9.93. The van der Waals surface area contributed by atoms with Gasteiger partial charge in [0.15, 0.2) is 0 Å². The average Bonchev–Trinajstić information content (AvgIpc) is 2.87. The van der Waals surface area contributed by atoms with Gasteiger partial charge in [-0.1, -0.05) is 129 Å². The van der Waals surface area contributed by atoms with Gasteiger partial charge in [-0.25, -0.2) is 0 Å². The molecule has 170 valence electrons. The topological polar surface area (TPSA) is 0 Å². The lowest BCUT2D eigenvalue weighted by Crippen LogP contribution is -2.38. The highest BCUT2D eigenvalue weighted by Crippen LogP contribution is 2.59. The van der Waals surface area contributed by atoms with E-state index in [1.165, 1.54) is 51.4 Å². The summed E-state index contributed by atoms with van der Waals surface area (Å²) in [5, 5.41) is 2.69. The zero-order chi connectivity index (χ0) is 23.1. The van der Waals surface area contributed by atoms with Gasteiger partial charge in [0.2, 0.25) is 0 Å². The molecule has 0 saturated heterocycles. The predicted octanol–water partition coefficient (Wildman–Crippen LogP) is 9.76. The molecule has 0 N–H and O–H groups in total. The van der Waals surface area contributed by atoms with Gasteiger partial charge in [-0.15, -0.1) is 0 Å². The van der Waals surface area contributed by atoms with E-state index in [4.69, 9.17) is 0 Å². The van der Waals surface area contributed by atoms with Gasteiger partial charge in [0.05, 0.1) is 3.23 Å². The number of alkyl halides is 2. The lowest BCUT2D eigenvalue weighted by atomic mass is 9.66. The van der Waals surface area contributed by atoms with Crippen molar-refractivity contribution in [3.63, 3.8) is 0 Å². The molecular weight excluding hydrogens is 544 g/mol. The zero-order valence-corrected chi connectivity index (χ0v) is 22.3. The Kier molecular flexibility index (Phi) is 5.99. The average molecular weight is 572 g/mol. The summed E-state index contributed by atoms with van der Waals surface area (Å²) >= 11 is 8.40. The van der Waals surface area contributed by atoms with Crippen LogP contribution in [0.2, 0.25) is 0 Å². The van der Waals surface area contributed by atoms with E-state index in [0.717, 1.165) is 12.8 Å². The summed E-state index contributed by atoms with van der Waals surface area (Å²) in [6.45, 7) is 0. The van der Waals surface area contributed by atoms with Gasteiger partial charge >= 0.3 is 0 Å². The highest BCUT2D eigenvalue weighted by atomic mass is 79.9. The van der Waals surface area contributed by atoms with Crippen LogP contribution in [0.15, 0.2) is 97.1 Å². The predicted molar refractivity (Wildman–Crippen MR) is 153 cm³/mol. The van der Waals surface area contributed by atoms with Crippen LogP contribution in [0.5, 0.6) is 0 Å². The van der Waals surface area contributed by atoms with Crippen molar-refractivity contribution in [1.82, 2.24) is 0 Å². The van der Waals surface area contributed by atoms with Crippen molar-refractivity contribution in [3.8, 4) is 11.1 Å². The van der Waals surface area contributed by atoms with Crippen LogP contribution in [-0.4, -0.2) is 3.23 Å². The number of hydrogen-bond donors (Lipinski definition) is 0. The second kappa shape index (κ2) is 9.13. The van der Waals surface area contributed by atoms with Crippen LogP contribution in [0.1, 0.15) is 41.9 Å². The molecule has 0 amide bonds. The minimum atomic E-state index is -0.0970. The first-order chi connectivity index (χ1) is 16.6. The molecule has 0 bridgehead atoms. The van der Waals surface area contributed by atoms with E-state index in [2.05, 4.69) is 135 Å². The largest absolute Gasteiger partial charge is 0.0882 e. The van der Waals surface area contributed by atoms with Gasteiger partial charge in [-0.3, -0.25) is 0 Å². The molecule has 6 rings (SSSR count). The summed E-state index contributed by atoms with van der Waals surface area (Å²) in [5.74, 6) is 1.64. The fraction of sp³-hybridized carbons (Fsp3) is 0.250. The molecule has 1 saturated carbocycles. The van der Waals surface area contributed by atoms with Crippen molar-refractivity contribution < 1.29 is 0 Å². The Balaban J connectivity index is 1.39. The third-order valence-corrected chi connectivity index (χ3v) is 9.42. The fourth-order valence-corrected chi connectivity index (χ4v) is 8.34. The lowest BCUT2D eigenvalue weighted by Gasteiger charge is -2.46. The van der Waals surface area contributed by atoms with E-state index in [1.807, 2.05) is 0 Å². The molecule has 0 heterocycles. The van der Waals surface area contributed by atoms with Gasteiger partial charge in [-0.2, -0.15) is 0 Å². The molecule has 2 aliphatic carbocycles. The Labute approximate surface area is 219 Å². The molecule has 34 heavy (non-hydrogen) atoms. The number of allylic oxidation sites excluding steroid dienone is 1. The summed E-state index contributed by atoms with van der Waals surface area (Å²) < 4.78 is -0.0970. The molecule has 0 aliphatic heterocycles. The van der Waals surface area contributed by atoms with E-state index in [1.54, 1.807) is 0 Å². The summed E-state index contributed by atoms with van der Waals surface area (Å²) in [6, 6.07) is 33.2. The van der Waals surface area contributed by atoms with Gasteiger partial charge in [0, 0.05) is 5.92 Å². The highest BCUT2D eigenvalue weighted by Gasteiger charge is 2.47. The quantitative estimate of drug-likeness (QED) is 0.214. The normalized spacial score (nSPS) is 22.8. The molecule has 1 fully saturated rings. The van der Waals surface area contributed by atoms with Crippen LogP contribution >= 0.6 is 31.9 Å². The molecule has 4 aromatic carbocycles. The molecule has 0 nitrogen and oxygen atoms in total. The van der Waals surface area contributed by atoms with E-state index in [9.17, 15) is 0 Å². The maximum Gasteiger partial charge on any atom is 0.0882 e. The lowest BCUT2D eigenvalue weighted by molar-refractivity contribution is 0.256.